The normalized spacial score (nSPS) is 15.4. The monoisotopic (exact) mass is 464 g/mol. The number of thiocarbonyl (C=S) groups is 1. The van der Waals surface area contributed by atoms with Crippen molar-refractivity contribution < 1.29 is 14.3 Å². The van der Waals surface area contributed by atoms with Gasteiger partial charge in [-0.05, 0) is 58.3 Å². The third-order valence-corrected chi connectivity index (χ3v) is 4.97. The second kappa shape index (κ2) is 9.31. The van der Waals surface area contributed by atoms with E-state index in [-0.39, 0.29) is 5.91 Å². The number of halogens is 1. The first-order valence-corrected chi connectivity index (χ1v) is 9.90. The molecule has 3 rings (SSSR count). The standard InChI is InChI=1S/C19H21BrN4O3S/c1-26-7-3-6-24-18(25)16(22-19(24)28)9-13-4-5-17(27-2)14(8-13)11-23-12-15(20)10-21-23/h4-5,8-10,12H,3,6-7,11H2,1-2H3,(H,22,28)/b16-9+. The molecule has 9 heteroatoms. The number of benzene rings is 1. The lowest BCUT2D eigenvalue weighted by atomic mass is 10.1. The van der Waals surface area contributed by atoms with E-state index in [0.717, 1.165) is 27.8 Å². The van der Waals surface area contributed by atoms with Gasteiger partial charge in [0.2, 0.25) is 0 Å². The molecule has 1 N–H and O–H groups in total. The summed E-state index contributed by atoms with van der Waals surface area (Å²) in [7, 11) is 3.27. The van der Waals surface area contributed by atoms with Crippen molar-refractivity contribution in [2.75, 3.05) is 27.4 Å². The molecule has 2 aromatic rings. The third-order valence-electron chi connectivity index (χ3n) is 4.24. The second-order valence-corrected chi connectivity index (χ2v) is 7.52. The van der Waals surface area contributed by atoms with Crippen molar-refractivity contribution in [1.82, 2.24) is 20.0 Å². The summed E-state index contributed by atoms with van der Waals surface area (Å²) in [6.07, 6.45) is 6.15. The molecular formula is C19H21BrN4O3S. The lowest BCUT2D eigenvalue weighted by Gasteiger charge is -2.13. The van der Waals surface area contributed by atoms with Gasteiger partial charge in [0.15, 0.2) is 5.11 Å². The number of rotatable bonds is 8. The molecular weight excluding hydrogens is 444 g/mol. The van der Waals surface area contributed by atoms with Gasteiger partial charge in [0, 0.05) is 32.0 Å². The van der Waals surface area contributed by atoms with Gasteiger partial charge in [-0.2, -0.15) is 5.10 Å². The van der Waals surface area contributed by atoms with E-state index in [1.54, 1.807) is 31.4 Å². The molecule has 0 radical (unpaired) electrons. The summed E-state index contributed by atoms with van der Waals surface area (Å²) in [5.74, 6) is 0.630. The van der Waals surface area contributed by atoms with Gasteiger partial charge in [-0.3, -0.25) is 14.4 Å². The van der Waals surface area contributed by atoms with Gasteiger partial charge in [-0.15, -0.1) is 0 Å². The first-order chi connectivity index (χ1) is 13.5. The van der Waals surface area contributed by atoms with E-state index in [9.17, 15) is 4.79 Å². The van der Waals surface area contributed by atoms with Gasteiger partial charge in [0.05, 0.1) is 24.3 Å². The molecule has 148 valence electrons. The number of carbonyl (C=O) groups excluding carboxylic acids is 1. The zero-order chi connectivity index (χ0) is 20.1. The topological polar surface area (TPSA) is 68.6 Å². The maximum Gasteiger partial charge on any atom is 0.276 e. The lowest BCUT2D eigenvalue weighted by Crippen LogP contribution is -2.32. The summed E-state index contributed by atoms with van der Waals surface area (Å²) in [4.78, 5) is 14.2. The number of carbonyl (C=O) groups is 1. The largest absolute Gasteiger partial charge is 0.496 e. The molecule has 1 aromatic carbocycles. The average molecular weight is 465 g/mol. The molecule has 0 saturated carbocycles. The molecule has 1 aliphatic heterocycles. The lowest BCUT2D eigenvalue weighted by molar-refractivity contribution is -0.122. The van der Waals surface area contributed by atoms with Crippen molar-refractivity contribution in [1.29, 1.82) is 0 Å². The van der Waals surface area contributed by atoms with E-state index in [1.807, 2.05) is 29.1 Å². The maximum atomic E-state index is 12.6. The van der Waals surface area contributed by atoms with Gasteiger partial charge in [-0.1, -0.05) is 6.07 Å². The Hall–Kier alpha value is -2.23. The van der Waals surface area contributed by atoms with Gasteiger partial charge in [0.25, 0.3) is 5.91 Å². The number of ether oxygens (including phenoxy) is 2. The number of hydrogen-bond acceptors (Lipinski definition) is 5. The quantitative estimate of drug-likeness (QED) is 0.368. The summed E-state index contributed by atoms with van der Waals surface area (Å²) < 4.78 is 13.2. The Labute approximate surface area is 177 Å². The Morgan fingerprint density at radius 3 is 2.86 bits per heavy atom. The number of nitrogens with zero attached hydrogens (tertiary/aromatic N) is 3. The van der Waals surface area contributed by atoms with Crippen LogP contribution in [-0.4, -0.2) is 53.1 Å². The van der Waals surface area contributed by atoms with E-state index in [0.29, 0.717) is 30.5 Å². The highest BCUT2D eigenvalue weighted by atomic mass is 79.9. The molecule has 0 spiro atoms. The fourth-order valence-corrected chi connectivity index (χ4v) is 3.53. The summed E-state index contributed by atoms with van der Waals surface area (Å²) >= 11 is 8.69. The van der Waals surface area contributed by atoms with Crippen LogP contribution in [0.25, 0.3) is 6.08 Å². The smallest absolute Gasteiger partial charge is 0.276 e. The summed E-state index contributed by atoms with van der Waals surface area (Å²) in [6, 6.07) is 5.77. The predicted molar refractivity (Wildman–Crippen MR) is 114 cm³/mol. The molecule has 2 heterocycles. The van der Waals surface area contributed by atoms with Crippen LogP contribution in [0.3, 0.4) is 0 Å². The van der Waals surface area contributed by atoms with Crippen LogP contribution in [-0.2, 0) is 16.1 Å². The fraction of sp³-hybridized carbons (Fsp3) is 0.316. The van der Waals surface area contributed by atoms with Crippen LogP contribution in [0, 0.1) is 0 Å². The number of aromatic nitrogens is 2. The first kappa shape index (κ1) is 20.5. The van der Waals surface area contributed by atoms with Crippen LogP contribution in [0.2, 0.25) is 0 Å². The Balaban J connectivity index is 1.80. The molecule has 1 aliphatic rings. The van der Waals surface area contributed by atoms with Crippen molar-refractivity contribution in [3.8, 4) is 5.75 Å². The Bertz CT molecular complexity index is 912. The Morgan fingerprint density at radius 2 is 2.18 bits per heavy atom. The van der Waals surface area contributed by atoms with Gasteiger partial charge >= 0.3 is 0 Å². The summed E-state index contributed by atoms with van der Waals surface area (Å²) in [5.41, 5.74) is 2.29. The summed E-state index contributed by atoms with van der Waals surface area (Å²) in [5, 5.41) is 7.71. The van der Waals surface area contributed by atoms with E-state index in [2.05, 4.69) is 26.3 Å². The van der Waals surface area contributed by atoms with Crippen LogP contribution in [0.1, 0.15) is 17.5 Å². The Kier molecular flexibility index (Phi) is 6.82. The SMILES string of the molecule is COCCCN1C(=O)/C(=C\c2ccc(OC)c(Cn3cc(Br)cn3)c2)NC1=S. The molecule has 28 heavy (non-hydrogen) atoms. The predicted octanol–water partition coefficient (Wildman–Crippen LogP) is 2.80. The highest BCUT2D eigenvalue weighted by Gasteiger charge is 2.30. The van der Waals surface area contributed by atoms with E-state index < -0.39 is 0 Å². The highest BCUT2D eigenvalue weighted by molar-refractivity contribution is 9.10. The summed E-state index contributed by atoms with van der Waals surface area (Å²) in [6.45, 7) is 1.66. The van der Waals surface area contributed by atoms with E-state index in [4.69, 9.17) is 21.7 Å². The third kappa shape index (κ3) is 4.78. The second-order valence-electron chi connectivity index (χ2n) is 6.22. The maximum absolute atomic E-state index is 12.6. The number of amides is 1. The molecule has 1 amide bonds. The highest BCUT2D eigenvalue weighted by Crippen LogP contribution is 2.23. The minimum absolute atomic E-state index is 0.130. The molecule has 1 fully saturated rings. The van der Waals surface area contributed by atoms with Crippen molar-refractivity contribution in [2.45, 2.75) is 13.0 Å². The molecule has 7 nitrogen and oxygen atoms in total. The van der Waals surface area contributed by atoms with Crippen molar-refractivity contribution in [3.05, 3.63) is 51.9 Å². The van der Waals surface area contributed by atoms with Crippen LogP contribution < -0.4 is 10.1 Å². The van der Waals surface area contributed by atoms with Gasteiger partial charge in [-0.25, -0.2) is 0 Å². The van der Waals surface area contributed by atoms with Crippen LogP contribution in [0.4, 0.5) is 0 Å². The minimum Gasteiger partial charge on any atom is -0.496 e. The fourth-order valence-electron chi connectivity index (χ4n) is 2.92. The van der Waals surface area contributed by atoms with Gasteiger partial charge < -0.3 is 14.8 Å². The molecule has 0 bridgehead atoms. The zero-order valence-corrected chi connectivity index (χ0v) is 18.0. The molecule has 1 saturated heterocycles. The average Bonchev–Trinajstić information content (AvgIpc) is 3.19. The van der Waals surface area contributed by atoms with E-state index >= 15 is 0 Å². The molecule has 0 aliphatic carbocycles. The van der Waals surface area contributed by atoms with Crippen LogP contribution >= 0.6 is 28.1 Å². The van der Waals surface area contributed by atoms with E-state index in [1.165, 1.54) is 0 Å². The van der Waals surface area contributed by atoms with Crippen LogP contribution in [0.5, 0.6) is 5.75 Å². The van der Waals surface area contributed by atoms with Gasteiger partial charge in [0.1, 0.15) is 11.4 Å². The van der Waals surface area contributed by atoms with Crippen molar-refractivity contribution in [3.63, 3.8) is 0 Å². The van der Waals surface area contributed by atoms with Crippen LogP contribution in [0.15, 0.2) is 40.8 Å². The molecule has 1 aromatic heterocycles. The molecule has 0 atom stereocenters. The van der Waals surface area contributed by atoms with Crippen molar-refractivity contribution >= 4 is 45.2 Å². The van der Waals surface area contributed by atoms with Crippen molar-refractivity contribution in [2.24, 2.45) is 0 Å². The number of nitrogens with one attached hydrogen (secondary N) is 1. The molecule has 0 unspecified atom stereocenters. The number of methoxy groups -OCH3 is 2. The minimum atomic E-state index is -0.130. The number of hydrogen-bond donors (Lipinski definition) is 1. The Morgan fingerprint density at radius 1 is 1.36 bits per heavy atom. The zero-order valence-electron chi connectivity index (χ0n) is 15.6. The first-order valence-electron chi connectivity index (χ1n) is 8.70.